The van der Waals surface area contributed by atoms with Gasteiger partial charge in [-0.3, -0.25) is 9.69 Å². The largest absolute Gasteiger partial charge is 0.416 e. The molecule has 0 radical (unpaired) electrons. The Kier molecular flexibility index (Phi) is 8.18. The molecule has 1 fully saturated rings. The number of carbonyl (C=O) groups excluding carboxylic acids is 1. The number of nitrogens with one attached hydrogen (secondary N) is 1. The molecule has 0 bridgehead atoms. The Hall–Kier alpha value is -3.07. The molecule has 0 saturated carbocycles. The molecule has 1 N–H and O–H groups in total. The fourth-order valence-electron chi connectivity index (χ4n) is 3.90. The molecule has 4 rings (SSSR count). The van der Waals surface area contributed by atoms with Crippen LogP contribution in [0, 0.1) is 0 Å². The molecular formula is C26H23Cl2F3N4O. The van der Waals surface area contributed by atoms with E-state index in [0.29, 0.717) is 22.8 Å². The zero-order chi connectivity index (χ0) is 25.7. The van der Waals surface area contributed by atoms with Gasteiger partial charge in [0, 0.05) is 49.5 Å². The molecule has 0 spiro atoms. The summed E-state index contributed by atoms with van der Waals surface area (Å²) in [6, 6.07) is 13.5. The van der Waals surface area contributed by atoms with Gasteiger partial charge in [-0.2, -0.15) is 13.2 Å². The number of carbonyl (C=O) groups is 1. The maximum atomic E-state index is 12.7. The van der Waals surface area contributed by atoms with Crippen LogP contribution in [0.4, 0.5) is 24.5 Å². The molecule has 1 aromatic heterocycles. The Labute approximate surface area is 217 Å². The number of nitrogens with zero attached hydrogens (tertiary/aromatic N) is 3. The van der Waals surface area contributed by atoms with Crippen LogP contribution in [0.5, 0.6) is 0 Å². The highest BCUT2D eigenvalue weighted by molar-refractivity contribution is 6.31. The molecule has 3 aromatic rings. The van der Waals surface area contributed by atoms with Gasteiger partial charge in [0.1, 0.15) is 5.15 Å². The number of piperazine rings is 1. The van der Waals surface area contributed by atoms with E-state index in [1.807, 2.05) is 18.2 Å². The lowest BCUT2D eigenvalue weighted by Crippen LogP contribution is -2.46. The zero-order valence-electron chi connectivity index (χ0n) is 19.1. The summed E-state index contributed by atoms with van der Waals surface area (Å²) in [4.78, 5) is 21.0. The van der Waals surface area contributed by atoms with Crippen LogP contribution in [0.1, 0.15) is 21.5 Å². The van der Waals surface area contributed by atoms with Crippen LogP contribution in [0.25, 0.3) is 6.08 Å². The van der Waals surface area contributed by atoms with E-state index >= 15 is 0 Å². The van der Waals surface area contributed by atoms with Crippen LogP contribution >= 0.6 is 23.2 Å². The van der Waals surface area contributed by atoms with Gasteiger partial charge in [0.15, 0.2) is 0 Å². The molecule has 36 heavy (non-hydrogen) atoms. The van der Waals surface area contributed by atoms with E-state index in [-0.39, 0.29) is 11.1 Å². The number of alkyl halides is 3. The number of pyridine rings is 1. The Morgan fingerprint density at radius 3 is 2.39 bits per heavy atom. The number of halogens is 5. The molecular weight excluding hydrogens is 512 g/mol. The summed E-state index contributed by atoms with van der Waals surface area (Å²) >= 11 is 12.2. The SMILES string of the molecule is O=C(Nc1ccc(Cl)cc1N1CCN(C/C=C/c2ccc(C(F)(F)F)cc2)CC1)c1ccnc(Cl)c1. The summed E-state index contributed by atoms with van der Waals surface area (Å²) in [5, 5.41) is 3.74. The van der Waals surface area contributed by atoms with Crippen molar-refractivity contribution in [3.8, 4) is 0 Å². The van der Waals surface area contributed by atoms with E-state index in [2.05, 4.69) is 20.1 Å². The Morgan fingerprint density at radius 1 is 1.00 bits per heavy atom. The van der Waals surface area contributed by atoms with Gasteiger partial charge in [-0.25, -0.2) is 4.98 Å². The minimum absolute atomic E-state index is 0.238. The molecule has 2 heterocycles. The van der Waals surface area contributed by atoms with Gasteiger partial charge in [0.25, 0.3) is 5.91 Å². The second kappa shape index (κ2) is 11.3. The van der Waals surface area contributed by atoms with Gasteiger partial charge in [-0.05, 0) is 48.0 Å². The fraction of sp³-hybridized carbons (Fsp3) is 0.231. The van der Waals surface area contributed by atoms with Crippen molar-refractivity contribution in [1.29, 1.82) is 0 Å². The summed E-state index contributed by atoms with van der Waals surface area (Å²) in [7, 11) is 0. The molecule has 1 amide bonds. The van der Waals surface area contributed by atoms with Gasteiger partial charge < -0.3 is 10.2 Å². The average molecular weight is 535 g/mol. The summed E-state index contributed by atoms with van der Waals surface area (Å²) in [6.45, 7) is 3.67. The molecule has 0 aliphatic carbocycles. The van der Waals surface area contributed by atoms with Crippen molar-refractivity contribution < 1.29 is 18.0 Å². The third-order valence-corrected chi connectivity index (χ3v) is 6.26. The third kappa shape index (κ3) is 6.78. The van der Waals surface area contributed by atoms with Crippen LogP contribution in [0.2, 0.25) is 10.2 Å². The van der Waals surface area contributed by atoms with Crippen LogP contribution in [-0.2, 0) is 6.18 Å². The Bertz CT molecular complexity index is 1240. The molecule has 2 aromatic carbocycles. The average Bonchev–Trinajstić information content (AvgIpc) is 2.85. The van der Waals surface area contributed by atoms with Crippen molar-refractivity contribution in [1.82, 2.24) is 9.88 Å². The number of anilines is 2. The molecule has 5 nitrogen and oxygen atoms in total. The van der Waals surface area contributed by atoms with E-state index in [0.717, 1.165) is 49.6 Å². The highest BCUT2D eigenvalue weighted by atomic mass is 35.5. The van der Waals surface area contributed by atoms with Crippen LogP contribution in [-0.4, -0.2) is 48.5 Å². The smallest absolute Gasteiger partial charge is 0.367 e. The van der Waals surface area contributed by atoms with Gasteiger partial charge in [-0.15, -0.1) is 0 Å². The summed E-state index contributed by atoms with van der Waals surface area (Å²) < 4.78 is 38.1. The molecule has 1 saturated heterocycles. The summed E-state index contributed by atoms with van der Waals surface area (Å²) in [6.07, 6.45) is 0.914. The van der Waals surface area contributed by atoms with Crippen molar-refractivity contribution in [3.63, 3.8) is 0 Å². The third-order valence-electron chi connectivity index (χ3n) is 5.82. The first-order valence-corrected chi connectivity index (χ1v) is 12.0. The van der Waals surface area contributed by atoms with E-state index in [1.54, 1.807) is 18.2 Å². The number of benzene rings is 2. The predicted octanol–water partition coefficient (Wildman–Crippen LogP) is 6.49. The standard InChI is InChI=1S/C26H23Cl2F3N4O/c27-21-7-8-22(33-25(36)19-9-10-32-24(28)16-19)23(17-21)35-14-12-34(13-15-35)11-1-2-18-3-5-20(6-4-18)26(29,30)31/h1-10,16-17H,11-15H2,(H,33,36)/b2-1+. The predicted molar refractivity (Wildman–Crippen MR) is 138 cm³/mol. The normalized spacial score (nSPS) is 14.9. The van der Waals surface area contributed by atoms with E-state index in [9.17, 15) is 18.0 Å². The molecule has 0 unspecified atom stereocenters. The fourth-order valence-corrected chi connectivity index (χ4v) is 4.24. The maximum absolute atomic E-state index is 12.7. The molecule has 188 valence electrons. The minimum Gasteiger partial charge on any atom is -0.367 e. The number of amides is 1. The lowest BCUT2D eigenvalue weighted by molar-refractivity contribution is -0.137. The van der Waals surface area contributed by atoms with Crippen molar-refractivity contribution in [3.05, 3.63) is 93.7 Å². The summed E-state index contributed by atoms with van der Waals surface area (Å²) in [5.41, 5.74) is 1.94. The topological polar surface area (TPSA) is 48.5 Å². The van der Waals surface area contributed by atoms with Crippen LogP contribution in [0.15, 0.2) is 66.9 Å². The minimum atomic E-state index is -4.33. The number of hydrogen-bond acceptors (Lipinski definition) is 4. The summed E-state index contributed by atoms with van der Waals surface area (Å²) in [5.74, 6) is -0.296. The first-order chi connectivity index (χ1) is 17.2. The van der Waals surface area contributed by atoms with Crippen molar-refractivity contribution >= 4 is 46.6 Å². The highest BCUT2D eigenvalue weighted by Gasteiger charge is 2.29. The lowest BCUT2D eigenvalue weighted by Gasteiger charge is -2.36. The molecule has 0 atom stereocenters. The van der Waals surface area contributed by atoms with Crippen molar-refractivity contribution in [2.75, 3.05) is 42.9 Å². The number of rotatable bonds is 6. The quantitative estimate of drug-likeness (QED) is 0.367. The van der Waals surface area contributed by atoms with Crippen LogP contribution in [0.3, 0.4) is 0 Å². The Morgan fingerprint density at radius 2 is 1.72 bits per heavy atom. The lowest BCUT2D eigenvalue weighted by atomic mass is 10.1. The van der Waals surface area contributed by atoms with Gasteiger partial charge in [0.2, 0.25) is 0 Å². The second-order valence-corrected chi connectivity index (χ2v) is 9.12. The van der Waals surface area contributed by atoms with Crippen molar-refractivity contribution in [2.45, 2.75) is 6.18 Å². The van der Waals surface area contributed by atoms with Gasteiger partial charge in [0.05, 0.1) is 16.9 Å². The van der Waals surface area contributed by atoms with E-state index < -0.39 is 11.7 Å². The van der Waals surface area contributed by atoms with Gasteiger partial charge in [-0.1, -0.05) is 47.5 Å². The van der Waals surface area contributed by atoms with E-state index in [1.165, 1.54) is 24.4 Å². The van der Waals surface area contributed by atoms with E-state index in [4.69, 9.17) is 23.2 Å². The molecule has 10 heteroatoms. The maximum Gasteiger partial charge on any atom is 0.416 e. The van der Waals surface area contributed by atoms with Crippen molar-refractivity contribution in [2.24, 2.45) is 0 Å². The molecule has 1 aliphatic rings. The first-order valence-electron chi connectivity index (χ1n) is 11.2. The number of hydrogen-bond donors (Lipinski definition) is 1. The second-order valence-electron chi connectivity index (χ2n) is 8.29. The van der Waals surface area contributed by atoms with Gasteiger partial charge >= 0.3 is 6.18 Å². The van der Waals surface area contributed by atoms with Crippen LogP contribution < -0.4 is 10.2 Å². The highest BCUT2D eigenvalue weighted by Crippen LogP contribution is 2.31. The monoisotopic (exact) mass is 534 g/mol. The Balaban J connectivity index is 1.35. The number of aromatic nitrogens is 1. The first kappa shape index (κ1) is 26.0. The zero-order valence-corrected chi connectivity index (χ0v) is 20.6. The molecule has 1 aliphatic heterocycles.